The average molecular weight is 273 g/mol. The molecule has 0 aromatic heterocycles. The molecule has 1 aliphatic carbocycles. The molecule has 0 bridgehead atoms. The maximum Gasteiger partial charge on any atom is 0.0772 e. The van der Waals surface area contributed by atoms with Gasteiger partial charge < -0.3 is 10.4 Å². The van der Waals surface area contributed by atoms with Crippen molar-refractivity contribution in [1.82, 2.24) is 5.32 Å². The van der Waals surface area contributed by atoms with E-state index in [0.29, 0.717) is 12.0 Å². The first-order valence-electron chi connectivity index (χ1n) is 7.64. The molecule has 0 heterocycles. The molecular formula is C18H27NO. The standard InChI is InChI=1S/C18H27NO/c1-17(2)10-12-18(20,13-11-17)15-19-14-6-9-16-7-4-3-5-8-16/h3-9,19-20H,10-15H2,1-2H3. The predicted octanol–water partition coefficient (Wildman–Crippen LogP) is 3.62. The Labute approximate surface area is 122 Å². The van der Waals surface area contributed by atoms with Crippen molar-refractivity contribution in [2.45, 2.75) is 45.1 Å². The molecule has 110 valence electrons. The second-order valence-corrected chi connectivity index (χ2v) is 6.83. The third-order valence-corrected chi connectivity index (χ3v) is 4.36. The summed E-state index contributed by atoms with van der Waals surface area (Å²) in [5, 5.41) is 13.9. The molecule has 1 saturated carbocycles. The van der Waals surface area contributed by atoms with Gasteiger partial charge in [0.15, 0.2) is 0 Å². The lowest BCUT2D eigenvalue weighted by Crippen LogP contribution is -2.45. The normalized spacial score (nSPS) is 21.1. The molecule has 2 heteroatoms. The molecule has 0 aliphatic heterocycles. The summed E-state index contributed by atoms with van der Waals surface area (Å²) < 4.78 is 0. The fourth-order valence-electron chi connectivity index (χ4n) is 2.72. The van der Waals surface area contributed by atoms with Gasteiger partial charge >= 0.3 is 0 Å². The van der Waals surface area contributed by atoms with Crippen LogP contribution < -0.4 is 5.32 Å². The van der Waals surface area contributed by atoms with E-state index in [0.717, 1.165) is 32.2 Å². The zero-order valence-corrected chi connectivity index (χ0v) is 12.7. The summed E-state index contributed by atoms with van der Waals surface area (Å²) in [6.07, 6.45) is 8.29. The molecule has 0 radical (unpaired) electrons. The third-order valence-electron chi connectivity index (χ3n) is 4.36. The second-order valence-electron chi connectivity index (χ2n) is 6.83. The van der Waals surface area contributed by atoms with Crippen molar-refractivity contribution < 1.29 is 5.11 Å². The van der Waals surface area contributed by atoms with Crippen LogP contribution in [0.3, 0.4) is 0 Å². The Kier molecular flexibility index (Phi) is 5.00. The molecule has 0 amide bonds. The van der Waals surface area contributed by atoms with E-state index in [1.807, 2.05) is 18.2 Å². The second kappa shape index (κ2) is 6.55. The summed E-state index contributed by atoms with van der Waals surface area (Å²) in [6, 6.07) is 10.3. The van der Waals surface area contributed by atoms with Crippen molar-refractivity contribution in [2.75, 3.05) is 13.1 Å². The molecule has 0 unspecified atom stereocenters. The van der Waals surface area contributed by atoms with E-state index in [-0.39, 0.29) is 0 Å². The van der Waals surface area contributed by atoms with Crippen molar-refractivity contribution in [3.05, 3.63) is 42.0 Å². The van der Waals surface area contributed by atoms with Gasteiger partial charge in [-0.15, -0.1) is 0 Å². The SMILES string of the molecule is CC1(C)CCC(O)(CNCC=Cc2ccccc2)CC1. The van der Waals surface area contributed by atoms with Crippen LogP contribution in [0, 0.1) is 5.41 Å². The first kappa shape index (κ1) is 15.3. The number of hydrogen-bond donors (Lipinski definition) is 2. The summed E-state index contributed by atoms with van der Waals surface area (Å²) in [5.74, 6) is 0. The van der Waals surface area contributed by atoms with Crippen molar-refractivity contribution in [1.29, 1.82) is 0 Å². The molecule has 0 saturated heterocycles. The molecule has 1 aliphatic rings. The third kappa shape index (κ3) is 4.77. The highest BCUT2D eigenvalue weighted by Gasteiger charge is 2.35. The van der Waals surface area contributed by atoms with E-state index in [1.165, 1.54) is 5.56 Å². The number of benzene rings is 1. The minimum absolute atomic E-state index is 0.402. The molecule has 2 nitrogen and oxygen atoms in total. The van der Waals surface area contributed by atoms with Crippen LogP contribution in [0.25, 0.3) is 6.08 Å². The molecule has 1 aromatic rings. The maximum absolute atomic E-state index is 10.5. The molecule has 2 rings (SSSR count). The Balaban J connectivity index is 1.70. The summed E-state index contributed by atoms with van der Waals surface area (Å²) in [4.78, 5) is 0. The molecule has 1 fully saturated rings. The zero-order valence-electron chi connectivity index (χ0n) is 12.7. The van der Waals surface area contributed by atoms with Crippen LogP contribution in [0.5, 0.6) is 0 Å². The lowest BCUT2D eigenvalue weighted by molar-refractivity contribution is -0.0236. The Morgan fingerprint density at radius 1 is 1.10 bits per heavy atom. The van der Waals surface area contributed by atoms with Gasteiger partial charge in [-0.2, -0.15) is 0 Å². The van der Waals surface area contributed by atoms with Gasteiger partial charge in [0.2, 0.25) is 0 Å². The van der Waals surface area contributed by atoms with Crippen LogP contribution in [0.15, 0.2) is 36.4 Å². The van der Waals surface area contributed by atoms with E-state index in [2.05, 4.69) is 43.4 Å². The van der Waals surface area contributed by atoms with Crippen molar-refractivity contribution >= 4 is 6.08 Å². The zero-order chi connectivity index (χ0) is 14.5. The van der Waals surface area contributed by atoms with Gasteiger partial charge in [0.1, 0.15) is 0 Å². The van der Waals surface area contributed by atoms with Crippen molar-refractivity contribution in [3.63, 3.8) is 0 Å². The molecule has 2 N–H and O–H groups in total. The lowest BCUT2D eigenvalue weighted by Gasteiger charge is -2.40. The van der Waals surface area contributed by atoms with E-state index in [1.54, 1.807) is 0 Å². The Bertz CT molecular complexity index is 426. The Morgan fingerprint density at radius 2 is 1.75 bits per heavy atom. The Hall–Kier alpha value is -1.12. The van der Waals surface area contributed by atoms with E-state index in [4.69, 9.17) is 0 Å². The summed E-state index contributed by atoms with van der Waals surface area (Å²) in [6.45, 7) is 6.09. The maximum atomic E-state index is 10.5. The van der Waals surface area contributed by atoms with E-state index >= 15 is 0 Å². The topological polar surface area (TPSA) is 32.3 Å². The van der Waals surface area contributed by atoms with Crippen LogP contribution in [0.1, 0.15) is 45.1 Å². The van der Waals surface area contributed by atoms with Crippen molar-refractivity contribution in [3.8, 4) is 0 Å². The first-order chi connectivity index (χ1) is 9.49. The number of hydrogen-bond acceptors (Lipinski definition) is 2. The summed E-state index contributed by atoms with van der Waals surface area (Å²) >= 11 is 0. The van der Waals surface area contributed by atoms with Gasteiger partial charge in [-0.05, 0) is 36.7 Å². The summed E-state index contributed by atoms with van der Waals surface area (Å²) in [5.41, 5.74) is 1.11. The monoisotopic (exact) mass is 273 g/mol. The van der Waals surface area contributed by atoms with Crippen LogP contribution in [-0.2, 0) is 0 Å². The molecule has 0 spiro atoms. The molecule has 20 heavy (non-hydrogen) atoms. The number of aliphatic hydroxyl groups is 1. The number of rotatable bonds is 5. The molecule has 0 atom stereocenters. The molecular weight excluding hydrogens is 246 g/mol. The largest absolute Gasteiger partial charge is 0.389 e. The smallest absolute Gasteiger partial charge is 0.0772 e. The van der Waals surface area contributed by atoms with Crippen LogP contribution in [0.2, 0.25) is 0 Å². The average Bonchev–Trinajstić information content (AvgIpc) is 2.44. The predicted molar refractivity (Wildman–Crippen MR) is 85.5 cm³/mol. The van der Waals surface area contributed by atoms with Crippen LogP contribution in [-0.4, -0.2) is 23.8 Å². The molecule has 1 aromatic carbocycles. The minimum Gasteiger partial charge on any atom is -0.389 e. The van der Waals surface area contributed by atoms with Gasteiger partial charge in [-0.1, -0.05) is 56.3 Å². The van der Waals surface area contributed by atoms with Crippen LogP contribution in [0.4, 0.5) is 0 Å². The van der Waals surface area contributed by atoms with E-state index < -0.39 is 5.60 Å². The fraction of sp³-hybridized carbons (Fsp3) is 0.556. The van der Waals surface area contributed by atoms with E-state index in [9.17, 15) is 5.11 Å². The Morgan fingerprint density at radius 3 is 2.40 bits per heavy atom. The van der Waals surface area contributed by atoms with Gasteiger partial charge in [-0.25, -0.2) is 0 Å². The lowest BCUT2D eigenvalue weighted by atomic mass is 9.71. The highest BCUT2D eigenvalue weighted by Crippen LogP contribution is 2.39. The highest BCUT2D eigenvalue weighted by molar-refractivity contribution is 5.48. The van der Waals surface area contributed by atoms with Gasteiger partial charge in [0, 0.05) is 13.1 Å². The van der Waals surface area contributed by atoms with Crippen molar-refractivity contribution in [2.24, 2.45) is 5.41 Å². The highest BCUT2D eigenvalue weighted by atomic mass is 16.3. The summed E-state index contributed by atoms with van der Waals surface area (Å²) in [7, 11) is 0. The van der Waals surface area contributed by atoms with Gasteiger partial charge in [0.25, 0.3) is 0 Å². The minimum atomic E-state index is -0.504. The van der Waals surface area contributed by atoms with Gasteiger partial charge in [0.05, 0.1) is 5.60 Å². The first-order valence-corrected chi connectivity index (χ1v) is 7.64. The quantitative estimate of drug-likeness (QED) is 0.803. The van der Waals surface area contributed by atoms with Gasteiger partial charge in [-0.3, -0.25) is 0 Å². The van der Waals surface area contributed by atoms with Crippen LogP contribution >= 0.6 is 0 Å². The fourth-order valence-corrected chi connectivity index (χ4v) is 2.72. The number of nitrogens with one attached hydrogen (secondary N) is 1.